The quantitative estimate of drug-likeness (QED) is 0.428. The average Bonchev–Trinajstić information content (AvgIpc) is 2.64. The SMILES string of the molecule is CN=C(NCc1ncccc1C)N1CCOC(c2ccccc2C)C1.I. The molecule has 1 saturated heterocycles. The lowest BCUT2D eigenvalue weighted by Crippen LogP contribution is -2.48. The van der Waals surface area contributed by atoms with Gasteiger partial charge >= 0.3 is 0 Å². The van der Waals surface area contributed by atoms with Crippen LogP contribution in [0.3, 0.4) is 0 Å². The van der Waals surface area contributed by atoms with Gasteiger partial charge in [0.25, 0.3) is 0 Å². The van der Waals surface area contributed by atoms with Crippen LogP contribution in [0.25, 0.3) is 0 Å². The van der Waals surface area contributed by atoms with Gasteiger partial charge in [-0.1, -0.05) is 30.3 Å². The normalized spacial score (nSPS) is 17.6. The molecule has 1 unspecified atom stereocenters. The molecule has 1 N–H and O–H groups in total. The second kappa shape index (κ2) is 9.87. The van der Waals surface area contributed by atoms with Crippen LogP contribution in [0.1, 0.15) is 28.5 Å². The van der Waals surface area contributed by atoms with Gasteiger partial charge in [0.1, 0.15) is 6.10 Å². The van der Waals surface area contributed by atoms with Crippen LogP contribution in [0, 0.1) is 13.8 Å². The van der Waals surface area contributed by atoms with Crippen molar-refractivity contribution in [3.05, 3.63) is 65.0 Å². The van der Waals surface area contributed by atoms with Crippen LogP contribution in [0.15, 0.2) is 47.6 Å². The maximum absolute atomic E-state index is 6.01. The maximum Gasteiger partial charge on any atom is 0.194 e. The molecule has 1 aliphatic heterocycles. The molecule has 1 aliphatic rings. The molecule has 140 valence electrons. The molecule has 2 aromatic rings. The minimum absolute atomic E-state index is 0. The number of nitrogens with zero attached hydrogens (tertiary/aromatic N) is 3. The Morgan fingerprint density at radius 1 is 1.23 bits per heavy atom. The second-order valence-electron chi connectivity index (χ2n) is 6.33. The molecule has 1 aromatic carbocycles. The Morgan fingerprint density at radius 2 is 2.00 bits per heavy atom. The molecule has 6 heteroatoms. The number of ether oxygens (including phenoxy) is 1. The van der Waals surface area contributed by atoms with Gasteiger partial charge in [0.05, 0.1) is 25.4 Å². The summed E-state index contributed by atoms with van der Waals surface area (Å²) in [5.41, 5.74) is 4.75. The number of guanidine groups is 1. The third-order valence-electron chi connectivity index (χ3n) is 4.64. The highest BCUT2D eigenvalue weighted by Gasteiger charge is 2.25. The number of morpholine rings is 1. The first-order valence-electron chi connectivity index (χ1n) is 8.72. The summed E-state index contributed by atoms with van der Waals surface area (Å²) in [6, 6.07) is 12.5. The lowest BCUT2D eigenvalue weighted by Gasteiger charge is -2.35. The first-order valence-corrected chi connectivity index (χ1v) is 8.72. The third kappa shape index (κ3) is 4.94. The van der Waals surface area contributed by atoms with Gasteiger partial charge in [0.2, 0.25) is 0 Å². The smallest absolute Gasteiger partial charge is 0.194 e. The van der Waals surface area contributed by atoms with E-state index in [0.717, 1.165) is 24.7 Å². The molecule has 1 aromatic heterocycles. The van der Waals surface area contributed by atoms with Gasteiger partial charge < -0.3 is 15.0 Å². The van der Waals surface area contributed by atoms with Gasteiger partial charge in [-0.15, -0.1) is 24.0 Å². The number of hydrogen-bond donors (Lipinski definition) is 1. The summed E-state index contributed by atoms with van der Waals surface area (Å²) >= 11 is 0. The Balaban J connectivity index is 0.00000243. The predicted molar refractivity (Wildman–Crippen MR) is 116 cm³/mol. The van der Waals surface area contributed by atoms with Crippen LogP contribution in [-0.4, -0.2) is 42.6 Å². The number of hydrogen-bond acceptors (Lipinski definition) is 3. The summed E-state index contributed by atoms with van der Waals surface area (Å²) in [7, 11) is 1.83. The number of benzene rings is 1. The molecular formula is C20H27IN4O. The van der Waals surface area contributed by atoms with E-state index in [2.05, 4.69) is 64.4 Å². The molecule has 0 spiro atoms. The van der Waals surface area contributed by atoms with E-state index in [1.54, 1.807) is 0 Å². The molecule has 2 heterocycles. The second-order valence-corrected chi connectivity index (χ2v) is 6.33. The van der Waals surface area contributed by atoms with E-state index < -0.39 is 0 Å². The lowest BCUT2D eigenvalue weighted by atomic mass is 10.0. The molecule has 1 fully saturated rings. The molecule has 0 aliphatic carbocycles. The van der Waals surface area contributed by atoms with E-state index in [9.17, 15) is 0 Å². The van der Waals surface area contributed by atoms with E-state index in [4.69, 9.17) is 4.74 Å². The van der Waals surface area contributed by atoms with E-state index in [0.29, 0.717) is 13.2 Å². The van der Waals surface area contributed by atoms with Crippen molar-refractivity contribution in [2.24, 2.45) is 4.99 Å². The number of halogens is 1. The average molecular weight is 466 g/mol. The van der Waals surface area contributed by atoms with Crippen molar-refractivity contribution < 1.29 is 4.74 Å². The predicted octanol–water partition coefficient (Wildman–Crippen LogP) is 3.47. The Labute approximate surface area is 172 Å². The first kappa shape index (κ1) is 20.6. The summed E-state index contributed by atoms with van der Waals surface area (Å²) < 4.78 is 6.01. The van der Waals surface area contributed by atoms with Gasteiger partial charge in [0.15, 0.2) is 5.96 Å². The van der Waals surface area contributed by atoms with E-state index >= 15 is 0 Å². The van der Waals surface area contributed by atoms with E-state index in [1.165, 1.54) is 16.7 Å². The Bertz CT molecular complexity index is 750. The zero-order chi connectivity index (χ0) is 17.6. The number of nitrogens with one attached hydrogen (secondary N) is 1. The molecule has 3 rings (SSSR count). The first-order chi connectivity index (χ1) is 12.2. The number of aromatic nitrogens is 1. The van der Waals surface area contributed by atoms with Crippen molar-refractivity contribution in [2.45, 2.75) is 26.5 Å². The van der Waals surface area contributed by atoms with Crippen LogP contribution in [-0.2, 0) is 11.3 Å². The van der Waals surface area contributed by atoms with Crippen LogP contribution < -0.4 is 5.32 Å². The highest BCUT2D eigenvalue weighted by Crippen LogP contribution is 2.25. The molecule has 0 saturated carbocycles. The number of aliphatic imine (C=N–C) groups is 1. The molecule has 0 bridgehead atoms. The Hall–Kier alpha value is -1.67. The van der Waals surface area contributed by atoms with Gasteiger partial charge in [-0.2, -0.15) is 0 Å². The summed E-state index contributed by atoms with van der Waals surface area (Å²) in [5.74, 6) is 0.895. The zero-order valence-corrected chi connectivity index (χ0v) is 17.9. The minimum Gasteiger partial charge on any atom is -0.370 e. The molecule has 5 nitrogen and oxygen atoms in total. The largest absolute Gasteiger partial charge is 0.370 e. The fraction of sp³-hybridized carbons (Fsp3) is 0.400. The summed E-state index contributed by atoms with van der Waals surface area (Å²) in [6.07, 6.45) is 1.90. The van der Waals surface area contributed by atoms with Crippen LogP contribution in [0.4, 0.5) is 0 Å². The topological polar surface area (TPSA) is 49.8 Å². The molecular weight excluding hydrogens is 439 g/mol. The summed E-state index contributed by atoms with van der Waals surface area (Å²) in [4.78, 5) is 11.2. The van der Waals surface area contributed by atoms with Crippen LogP contribution in [0.2, 0.25) is 0 Å². The van der Waals surface area contributed by atoms with Crippen LogP contribution in [0.5, 0.6) is 0 Å². The summed E-state index contributed by atoms with van der Waals surface area (Å²) in [6.45, 7) is 7.22. The van der Waals surface area contributed by atoms with Gasteiger partial charge in [-0.05, 0) is 36.6 Å². The van der Waals surface area contributed by atoms with E-state index in [1.807, 2.05) is 19.3 Å². The summed E-state index contributed by atoms with van der Waals surface area (Å²) in [5, 5.41) is 3.44. The third-order valence-corrected chi connectivity index (χ3v) is 4.64. The van der Waals surface area contributed by atoms with Gasteiger partial charge in [0, 0.05) is 19.8 Å². The van der Waals surface area contributed by atoms with Crippen molar-refractivity contribution in [2.75, 3.05) is 26.7 Å². The highest BCUT2D eigenvalue weighted by molar-refractivity contribution is 14.0. The standard InChI is InChI=1S/C20H26N4O.HI/c1-15-7-4-5-9-17(15)19-14-24(11-12-25-19)20(21-3)23-13-18-16(2)8-6-10-22-18;/h4-10,19H,11-14H2,1-3H3,(H,21,23);1H. The lowest BCUT2D eigenvalue weighted by molar-refractivity contribution is -0.00834. The minimum atomic E-state index is 0. The van der Waals surface area contributed by atoms with E-state index in [-0.39, 0.29) is 30.1 Å². The van der Waals surface area contributed by atoms with Crippen molar-refractivity contribution in [1.82, 2.24) is 15.2 Å². The van der Waals surface area contributed by atoms with Crippen molar-refractivity contribution in [3.8, 4) is 0 Å². The number of rotatable bonds is 3. The zero-order valence-electron chi connectivity index (χ0n) is 15.6. The number of pyridine rings is 1. The van der Waals surface area contributed by atoms with Crippen LogP contribution >= 0.6 is 24.0 Å². The Morgan fingerprint density at radius 3 is 2.73 bits per heavy atom. The molecule has 0 radical (unpaired) electrons. The van der Waals surface area contributed by atoms with Gasteiger partial charge in [-0.25, -0.2) is 0 Å². The molecule has 26 heavy (non-hydrogen) atoms. The fourth-order valence-corrected chi connectivity index (χ4v) is 3.18. The Kier molecular flexibility index (Phi) is 7.84. The van der Waals surface area contributed by atoms with Gasteiger partial charge in [-0.3, -0.25) is 9.98 Å². The molecule has 1 atom stereocenters. The number of aryl methyl sites for hydroxylation is 2. The maximum atomic E-state index is 6.01. The van der Waals surface area contributed by atoms with Crippen molar-refractivity contribution in [1.29, 1.82) is 0 Å². The fourth-order valence-electron chi connectivity index (χ4n) is 3.18. The monoisotopic (exact) mass is 466 g/mol. The highest BCUT2D eigenvalue weighted by atomic mass is 127. The van der Waals surface area contributed by atoms with Crippen molar-refractivity contribution >= 4 is 29.9 Å². The molecule has 0 amide bonds. The van der Waals surface area contributed by atoms with Crippen molar-refractivity contribution in [3.63, 3.8) is 0 Å².